The molecule has 3 heterocycles. The van der Waals surface area contributed by atoms with Gasteiger partial charge in [-0.15, -0.1) is 0 Å². The van der Waals surface area contributed by atoms with Crippen molar-refractivity contribution in [3.05, 3.63) is 89.3 Å². The lowest BCUT2D eigenvalue weighted by molar-refractivity contribution is -0.127. The molecule has 1 fully saturated rings. The van der Waals surface area contributed by atoms with Crippen molar-refractivity contribution < 1.29 is 10.2 Å². The van der Waals surface area contributed by atoms with Gasteiger partial charge in [-0.3, -0.25) is 4.98 Å². The molecule has 6 heteroatoms. The molecular formula is C28H32N4O2. The maximum absolute atomic E-state index is 12.3. The summed E-state index contributed by atoms with van der Waals surface area (Å²) < 4.78 is 0. The number of benzene rings is 1. The Morgan fingerprint density at radius 3 is 2.32 bits per heavy atom. The first-order valence-corrected chi connectivity index (χ1v) is 11.5. The number of hydrogen-bond donors (Lipinski definition) is 2. The van der Waals surface area contributed by atoms with Crippen LogP contribution in [0.25, 0.3) is 0 Å². The number of nitrogens with zero attached hydrogens (tertiary/aromatic N) is 4. The van der Waals surface area contributed by atoms with E-state index in [9.17, 15) is 10.2 Å². The fraction of sp³-hybridized carbons (Fsp3) is 0.393. The molecule has 0 aliphatic carbocycles. The van der Waals surface area contributed by atoms with Crippen LogP contribution in [0.4, 0.5) is 0 Å². The number of rotatable bonds is 5. The third-order valence-corrected chi connectivity index (χ3v) is 6.79. The lowest BCUT2D eigenvalue weighted by Crippen LogP contribution is -2.63. The molecule has 34 heavy (non-hydrogen) atoms. The Labute approximate surface area is 201 Å². The summed E-state index contributed by atoms with van der Waals surface area (Å²) >= 11 is 0. The van der Waals surface area contributed by atoms with Crippen molar-refractivity contribution in [2.75, 3.05) is 20.1 Å². The maximum atomic E-state index is 12.3. The first-order chi connectivity index (χ1) is 16.0. The summed E-state index contributed by atoms with van der Waals surface area (Å²) in [5.74, 6) is 6.32. The lowest BCUT2D eigenvalue weighted by atomic mass is 9.62. The van der Waals surface area contributed by atoms with E-state index in [0.717, 1.165) is 18.7 Å². The summed E-state index contributed by atoms with van der Waals surface area (Å²) in [5, 5.41) is 23.1. The van der Waals surface area contributed by atoms with Crippen molar-refractivity contribution in [2.24, 2.45) is 5.41 Å². The highest BCUT2D eigenvalue weighted by atomic mass is 16.3. The topological polar surface area (TPSA) is 82.4 Å². The third-order valence-electron chi connectivity index (χ3n) is 6.79. The Bertz CT molecular complexity index is 1210. The van der Waals surface area contributed by atoms with E-state index in [4.69, 9.17) is 0 Å². The van der Waals surface area contributed by atoms with Crippen LogP contribution in [-0.4, -0.2) is 50.2 Å². The van der Waals surface area contributed by atoms with E-state index in [1.807, 2.05) is 18.2 Å². The molecule has 1 aliphatic rings. The number of hydrogen-bond acceptors (Lipinski definition) is 6. The zero-order valence-corrected chi connectivity index (χ0v) is 20.4. The Morgan fingerprint density at radius 1 is 1.03 bits per heavy atom. The maximum Gasteiger partial charge on any atom is 0.165 e. The van der Waals surface area contributed by atoms with Gasteiger partial charge in [0, 0.05) is 48.2 Å². The summed E-state index contributed by atoms with van der Waals surface area (Å²) in [7, 11) is 2.05. The highest BCUT2D eigenvalue weighted by Crippen LogP contribution is 2.50. The largest absolute Gasteiger partial charge is 0.380 e. The number of aliphatic hydroxyl groups is 2. The third kappa shape index (κ3) is 4.35. The standard InChI is InChI=1S/C28H32N4O2/c1-20(2)22-6-8-23(9-7-22)28(34,26(3)17-32(5)18-26)24-14-21(15-30-16-24)10-12-27(4,33)25-11-13-29-19-31-25/h6-9,11,13-16,19-20,33-34H,17-18H2,1-5H3. The average molecular weight is 457 g/mol. The average Bonchev–Trinajstić information content (AvgIpc) is 2.82. The van der Waals surface area contributed by atoms with Gasteiger partial charge in [-0.2, -0.15) is 0 Å². The van der Waals surface area contributed by atoms with Gasteiger partial charge in [-0.05, 0) is 43.1 Å². The predicted octanol–water partition coefficient (Wildman–Crippen LogP) is 3.44. The molecule has 0 amide bonds. The summed E-state index contributed by atoms with van der Waals surface area (Å²) in [6.45, 7) is 9.54. The second-order valence-corrected chi connectivity index (χ2v) is 10.1. The van der Waals surface area contributed by atoms with Gasteiger partial charge >= 0.3 is 0 Å². The molecule has 6 nitrogen and oxygen atoms in total. The molecule has 4 rings (SSSR count). The van der Waals surface area contributed by atoms with Gasteiger partial charge in [0.25, 0.3) is 0 Å². The summed E-state index contributed by atoms with van der Waals surface area (Å²) in [5.41, 5.74) is 0.722. The van der Waals surface area contributed by atoms with Crippen molar-refractivity contribution in [3.8, 4) is 11.8 Å². The van der Waals surface area contributed by atoms with Crippen LogP contribution in [0.3, 0.4) is 0 Å². The lowest BCUT2D eigenvalue weighted by Gasteiger charge is -2.55. The van der Waals surface area contributed by atoms with E-state index in [2.05, 4.69) is 71.6 Å². The molecule has 0 spiro atoms. The first-order valence-electron chi connectivity index (χ1n) is 11.5. The quantitative estimate of drug-likeness (QED) is 0.573. The minimum atomic E-state index is -1.44. The SMILES string of the molecule is CC(C)c1ccc(C(O)(c2cncc(C#CC(C)(O)c3ccncn3)c2)C2(C)CN(C)C2)cc1. The van der Waals surface area contributed by atoms with E-state index < -0.39 is 11.2 Å². The molecule has 1 aliphatic heterocycles. The van der Waals surface area contributed by atoms with Crippen molar-refractivity contribution >= 4 is 0 Å². The van der Waals surface area contributed by atoms with Crippen molar-refractivity contribution in [3.63, 3.8) is 0 Å². The minimum Gasteiger partial charge on any atom is -0.380 e. The molecule has 2 N–H and O–H groups in total. The molecule has 2 unspecified atom stereocenters. The Kier molecular flexibility index (Phi) is 6.30. The fourth-order valence-electron chi connectivity index (χ4n) is 4.89. The monoisotopic (exact) mass is 456 g/mol. The minimum absolute atomic E-state index is 0.388. The van der Waals surface area contributed by atoms with E-state index in [0.29, 0.717) is 22.7 Å². The number of aromatic nitrogens is 3. The van der Waals surface area contributed by atoms with Crippen LogP contribution in [-0.2, 0) is 11.2 Å². The molecule has 0 bridgehead atoms. The van der Waals surface area contributed by atoms with Crippen LogP contribution in [0.15, 0.2) is 61.3 Å². The van der Waals surface area contributed by atoms with E-state index in [-0.39, 0.29) is 5.41 Å². The molecule has 0 saturated carbocycles. The molecule has 1 saturated heterocycles. The van der Waals surface area contributed by atoms with Crippen molar-refractivity contribution in [1.82, 2.24) is 19.9 Å². The summed E-state index contributed by atoms with van der Waals surface area (Å²) in [6.07, 6.45) is 6.31. The second-order valence-electron chi connectivity index (χ2n) is 10.1. The van der Waals surface area contributed by atoms with Crippen LogP contribution < -0.4 is 0 Å². The molecular weight excluding hydrogens is 424 g/mol. The Hall–Kier alpha value is -3.11. The Morgan fingerprint density at radius 2 is 1.74 bits per heavy atom. The normalized spacial score (nSPS) is 18.8. The number of pyridine rings is 1. The first kappa shape index (κ1) is 24.0. The zero-order chi connectivity index (χ0) is 24.6. The van der Waals surface area contributed by atoms with Gasteiger partial charge in [-0.25, -0.2) is 9.97 Å². The van der Waals surface area contributed by atoms with Crippen LogP contribution in [0.2, 0.25) is 0 Å². The van der Waals surface area contributed by atoms with E-state index >= 15 is 0 Å². The van der Waals surface area contributed by atoms with Crippen LogP contribution in [0, 0.1) is 17.3 Å². The fourth-order valence-corrected chi connectivity index (χ4v) is 4.89. The summed E-state index contributed by atoms with van der Waals surface area (Å²) in [4.78, 5) is 14.6. The van der Waals surface area contributed by atoms with Gasteiger partial charge in [0.05, 0.1) is 5.69 Å². The molecule has 176 valence electrons. The number of likely N-dealkylation sites (tertiary alicyclic amines) is 1. The van der Waals surface area contributed by atoms with Crippen molar-refractivity contribution in [1.29, 1.82) is 0 Å². The zero-order valence-electron chi connectivity index (χ0n) is 20.4. The summed E-state index contributed by atoms with van der Waals surface area (Å²) in [6, 6.07) is 11.7. The van der Waals surface area contributed by atoms with Gasteiger partial charge < -0.3 is 15.1 Å². The van der Waals surface area contributed by atoms with Gasteiger partial charge in [0.15, 0.2) is 5.60 Å². The molecule has 2 atom stereocenters. The van der Waals surface area contributed by atoms with Gasteiger partial charge in [0.2, 0.25) is 0 Å². The second kappa shape index (κ2) is 8.92. The van der Waals surface area contributed by atoms with E-state index in [1.54, 1.807) is 31.6 Å². The molecule has 2 aromatic heterocycles. The van der Waals surface area contributed by atoms with Gasteiger partial charge in [0.1, 0.15) is 11.9 Å². The Balaban J connectivity index is 1.75. The predicted molar refractivity (Wildman–Crippen MR) is 132 cm³/mol. The van der Waals surface area contributed by atoms with Crippen LogP contribution >= 0.6 is 0 Å². The molecule has 3 aromatic rings. The highest BCUT2D eigenvalue weighted by molar-refractivity contribution is 5.45. The van der Waals surface area contributed by atoms with Crippen LogP contribution in [0.5, 0.6) is 0 Å². The van der Waals surface area contributed by atoms with Crippen molar-refractivity contribution in [2.45, 2.75) is 44.8 Å². The molecule has 1 aromatic carbocycles. The highest BCUT2D eigenvalue weighted by Gasteiger charge is 2.55. The smallest absolute Gasteiger partial charge is 0.165 e. The van der Waals surface area contributed by atoms with Crippen LogP contribution in [0.1, 0.15) is 61.6 Å². The van der Waals surface area contributed by atoms with Gasteiger partial charge in [-0.1, -0.05) is 56.9 Å². The molecule has 0 radical (unpaired) electrons. The van der Waals surface area contributed by atoms with E-state index in [1.165, 1.54) is 11.9 Å².